The minimum Gasteiger partial charge on any atom is -0.465 e. The highest BCUT2D eigenvalue weighted by Gasteiger charge is 2.41. The highest BCUT2D eigenvalue weighted by molar-refractivity contribution is 7.89. The summed E-state index contributed by atoms with van der Waals surface area (Å²) in [7, 11) is -3.49. The first-order valence-electron chi connectivity index (χ1n) is 9.90. The second kappa shape index (κ2) is 9.00. The molecule has 0 aliphatic carbocycles. The van der Waals surface area contributed by atoms with Crippen LogP contribution in [0.2, 0.25) is 0 Å². The van der Waals surface area contributed by atoms with E-state index in [0.717, 1.165) is 35.0 Å². The Kier molecular flexibility index (Phi) is 6.28. The van der Waals surface area contributed by atoms with E-state index in [1.165, 1.54) is 12.1 Å². The molecule has 33 heavy (non-hydrogen) atoms. The monoisotopic (exact) mass is 490 g/mol. The lowest BCUT2D eigenvalue weighted by atomic mass is 10.1. The van der Waals surface area contributed by atoms with Gasteiger partial charge in [-0.05, 0) is 24.1 Å². The summed E-state index contributed by atoms with van der Waals surface area (Å²) in [4.78, 5) is 37.8. The van der Waals surface area contributed by atoms with Gasteiger partial charge in [0, 0.05) is 16.6 Å². The fraction of sp³-hybridized carbons (Fsp3) is 0.227. The number of ether oxygens (including phenoxy) is 1. The Hall–Kier alpha value is -3.15. The van der Waals surface area contributed by atoms with Gasteiger partial charge in [0.2, 0.25) is 21.8 Å². The van der Waals surface area contributed by atoms with Crippen LogP contribution < -0.4 is 0 Å². The normalized spacial score (nSPS) is 15.3. The van der Waals surface area contributed by atoms with Gasteiger partial charge in [-0.2, -0.15) is 4.31 Å². The molecule has 1 aromatic heterocycles. The largest absolute Gasteiger partial charge is 0.465 e. The van der Waals surface area contributed by atoms with E-state index in [2.05, 4.69) is 4.74 Å². The van der Waals surface area contributed by atoms with Crippen molar-refractivity contribution < 1.29 is 31.9 Å². The number of hydrogen-bond acceptors (Lipinski definition) is 7. The van der Waals surface area contributed by atoms with E-state index in [1.807, 2.05) is 30.3 Å². The molecule has 0 bridgehead atoms. The van der Waals surface area contributed by atoms with Crippen molar-refractivity contribution in [1.82, 2.24) is 9.21 Å². The lowest BCUT2D eigenvalue weighted by molar-refractivity contribution is -0.149. The molecule has 1 fully saturated rings. The fourth-order valence-corrected chi connectivity index (χ4v) is 6.79. The first kappa shape index (κ1) is 23.0. The van der Waals surface area contributed by atoms with E-state index in [9.17, 15) is 27.2 Å². The van der Waals surface area contributed by atoms with E-state index in [0.29, 0.717) is 10.7 Å². The number of amides is 2. The molecule has 11 heteroatoms. The molecule has 0 unspecified atom stereocenters. The third-order valence-electron chi connectivity index (χ3n) is 5.28. The number of rotatable bonds is 6. The quantitative estimate of drug-likeness (QED) is 0.389. The predicted octanol–water partition coefficient (Wildman–Crippen LogP) is 2.43. The van der Waals surface area contributed by atoms with Crippen molar-refractivity contribution in [3.8, 4) is 0 Å². The van der Waals surface area contributed by atoms with E-state index in [1.54, 1.807) is 0 Å². The van der Waals surface area contributed by atoms with Crippen LogP contribution in [0.3, 0.4) is 0 Å². The first-order valence-corrected chi connectivity index (χ1v) is 12.2. The summed E-state index contributed by atoms with van der Waals surface area (Å²) in [6.45, 7) is -1.09. The molecule has 1 aliphatic heterocycles. The number of imide groups is 1. The maximum absolute atomic E-state index is 14.6. The number of carbonyl (C=O) groups is 3. The molecule has 0 spiro atoms. The van der Waals surface area contributed by atoms with Crippen LogP contribution in [0.5, 0.6) is 0 Å². The third-order valence-corrected chi connectivity index (χ3v) is 8.41. The van der Waals surface area contributed by atoms with Crippen LogP contribution in [-0.2, 0) is 30.8 Å². The number of hydrogen-bond donors (Lipinski definition) is 0. The van der Waals surface area contributed by atoms with Gasteiger partial charge in [0.1, 0.15) is 15.6 Å². The minimum atomic E-state index is -4.58. The van der Waals surface area contributed by atoms with Crippen molar-refractivity contribution >= 4 is 49.2 Å². The molecule has 172 valence electrons. The lowest BCUT2D eigenvalue weighted by Crippen LogP contribution is -2.55. The van der Waals surface area contributed by atoms with Crippen molar-refractivity contribution in [3.63, 3.8) is 0 Å². The first-order chi connectivity index (χ1) is 15.7. The van der Waals surface area contributed by atoms with Gasteiger partial charge in [0.25, 0.3) is 0 Å². The number of methoxy groups -OCH3 is 1. The standard InChI is InChI=1S/C22H19FN2O6S2/c1-31-22(28)20-21(19-15(23)8-5-9-16(19)32-20)33(29,30)24-12-17(26)25(18(27)13-24)11-10-14-6-3-2-4-7-14/h2-9H,10-13H2,1H3. The van der Waals surface area contributed by atoms with Gasteiger partial charge >= 0.3 is 5.97 Å². The summed E-state index contributed by atoms with van der Waals surface area (Å²) in [5.74, 6) is -3.17. The summed E-state index contributed by atoms with van der Waals surface area (Å²) < 4.78 is 47.2. The molecule has 2 aromatic carbocycles. The molecule has 1 aliphatic rings. The Morgan fingerprint density at radius 3 is 2.36 bits per heavy atom. The van der Waals surface area contributed by atoms with Crippen molar-refractivity contribution in [1.29, 1.82) is 0 Å². The smallest absolute Gasteiger partial charge is 0.349 e. The minimum absolute atomic E-state index is 0.110. The summed E-state index contributed by atoms with van der Waals surface area (Å²) >= 11 is 0.769. The average molecular weight is 491 g/mol. The summed E-state index contributed by atoms with van der Waals surface area (Å²) in [6, 6.07) is 13.2. The average Bonchev–Trinajstić information content (AvgIpc) is 3.20. The van der Waals surface area contributed by atoms with E-state index < -0.39 is 51.6 Å². The summed E-state index contributed by atoms with van der Waals surface area (Å²) in [5.41, 5.74) is 0.927. The Balaban J connectivity index is 1.65. The molecule has 0 atom stereocenters. The molecule has 8 nitrogen and oxygen atoms in total. The molecule has 3 aromatic rings. The van der Waals surface area contributed by atoms with Crippen LogP contribution in [-0.4, -0.2) is 62.2 Å². The molecule has 2 amide bonds. The number of fused-ring (bicyclic) bond motifs is 1. The molecular weight excluding hydrogens is 471 g/mol. The molecule has 0 radical (unpaired) electrons. The van der Waals surface area contributed by atoms with Crippen LogP contribution in [0.15, 0.2) is 53.4 Å². The highest BCUT2D eigenvalue weighted by Crippen LogP contribution is 2.38. The van der Waals surface area contributed by atoms with Crippen LogP contribution in [0.1, 0.15) is 15.2 Å². The molecule has 2 heterocycles. The molecule has 0 saturated carbocycles. The maximum Gasteiger partial charge on any atom is 0.349 e. The Morgan fingerprint density at radius 2 is 1.73 bits per heavy atom. The number of esters is 1. The van der Waals surface area contributed by atoms with E-state index >= 15 is 0 Å². The molecule has 1 saturated heterocycles. The zero-order chi connectivity index (χ0) is 23.8. The third kappa shape index (κ3) is 4.26. The van der Waals surface area contributed by atoms with Gasteiger partial charge in [-0.3, -0.25) is 14.5 Å². The second-order valence-electron chi connectivity index (χ2n) is 7.31. The van der Waals surface area contributed by atoms with Crippen LogP contribution in [0, 0.1) is 5.82 Å². The number of carbonyl (C=O) groups excluding carboxylic acids is 3. The van der Waals surface area contributed by atoms with Gasteiger partial charge in [0.05, 0.1) is 20.2 Å². The van der Waals surface area contributed by atoms with Crippen LogP contribution in [0.25, 0.3) is 10.1 Å². The number of piperazine rings is 1. The van der Waals surface area contributed by atoms with E-state index in [4.69, 9.17) is 0 Å². The number of nitrogens with zero attached hydrogens (tertiary/aromatic N) is 2. The number of sulfonamides is 1. The van der Waals surface area contributed by atoms with Gasteiger partial charge in [-0.25, -0.2) is 17.6 Å². The SMILES string of the molecule is COC(=O)c1sc2cccc(F)c2c1S(=O)(=O)N1CC(=O)N(CCc2ccccc2)C(=O)C1. The number of halogens is 1. The van der Waals surface area contributed by atoms with Crippen molar-refractivity contribution in [2.45, 2.75) is 11.3 Å². The van der Waals surface area contributed by atoms with Gasteiger partial charge < -0.3 is 4.74 Å². The summed E-state index contributed by atoms with van der Waals surface area (Å²) in [6.07, 6.45) is 0.429. The molecular formula is C22H19FN2O6S2. The second-order valence-corrected chi connectivity index (χ2v) is 10.2. The lowest BCUT2D eigenvalue weighted by Gasteiger charge is -2.32. The topological polar surface area (TPSA) is 101 Å². The Morgan fingerprint density at radius 1 is 1.06 bits per heavy atom. The maximum atomic E-state index is 14.6. The number of thiophene rings is 1. The van der Waals surface area contributed by atoms with Crippen LogP contribution in [0.4, 0.5) is 4.39 Å². The van der Waals surface area contributed by atoms with Gasteiger partial charge in [-0.15, -0.1) is 11.3 Å². The van der Waals surface area contributed by atoms with E-state index in [-0.39, 0.29) is 21.5 Å². The highest BCUT2D eigenvalue weighted by atomic mass is 32.2. The van der Waals surface area contributed by atoms with Crippen LogP contribution >= 0.6 is 11.3 Å². The fourth-order valence-electron chi connectivity index (χ4n) is 3.65. The number of benzene rings is 2. The molecule has 4 rings (SSSR count). The predicted molar refractivity (Wildman–Crippen MR) is 119 cm³/mol. The van der Waals surface area contributed by atoms with Crippen molar-refractivity contribution in [2.75, 3.05) is 26.7 Å². The van der Waals surface area contributed by atoms with Crippen molar-refractivity contribution in [2.24, 2.45) is 0 Å². The summed E-state index contributed by atoms with van der Waals surface area (Å²) in [5, 5.41) is -0.269. The Bertz CT molecular complexity index is 1340. The van der Waals surface area contributed by atoms with Gasteiger partial charge in [-0.1, -0.05) is 36.4 Å². The zero-order valence-corrected chi connectivity index (χ0v) is 19.1. The Labute approximate surface area is 193 Å². The van der Waals surface area contributed by atoms with Crippen molar-refractivity contribution in [3.05, 3.63) is 64.8 Å². The molecule has 0 N–H and O–H groups in total. The van der Waals surface area contributed by atoms with Gasteiger partial charge in [0.15, 0.2) is 0 Å². The zero-order valence-electron chi connectivity index (χ0n) is 17.5.